The van der Waals surface area contributed by atoms with E-state index in [9.17, 15) is 21.6 Å². The molecule has 0 saturated heterocycles. The highest BCUT2D eigenvalue weighted by Gasteiger charge is 2.30. The molecular weight excluding hydrogens is 538 g/mol. The van der Waals surface area contributed by atoms with Crippen molar-refractivity contribution in [3.63, 3.8) is 0 Å². The van der Waals surface area contributed by atoms with Crippen LogP contribution in [0.3, 0.4) is 0 Å². The fraction of sp³-hybridized carbons (Fsp3) is 0.107. The molecule has 0 aliphatic carbocycles. The third-order valence-electron chi connectivity index (χ3n) is 6.17. The van der Waals surface area contributed by atoms with Gasteiger partial charge in [0.1, 0.15) is 5.76 Å². The lowest BCUT2D eigenvalue weighted by atomic mass is 10.2. The van der Waals surface area contributed by atoms with Crippen molar-refractivity contribution in [1.29, 1.82) is 0 Å². The minimum Gasteiger partial charge on any atom is -0.468 e. The molecule has 0 fully saturated rings. The molecule has 0 saturated carbocycles. The van der Waals surface area contributed by atoms with Gasteiger partial charge in [0.15, 0.2) is 0 Å². The summed E-state index contributed by atoms with van der Waals surface area (Å²) in [6.07, 6.45) is 4.96. The summed E-state index contributed by atoms with van der Waals surface area (Å²) in [7, 11) is -7.52. The number of amides is 1. The van der Waals surface area contributed by atoms with Gasteiger partial charge in [-0.25, -0.2) is 21.6 Å². The van der Waals surface area contributed by atoms with Crippen molar-refractivity contribution >= 4 is 43.4 Å². The molecule has 2 heterocycles. The molecule has 0 unspecified atom stereocenters. The first kappa shape index (κ1) is 26.4. The van der Waals surface area contributed by atoms with Gasteiger partial charge in [-0.3, -0.25) is 9.10 Å². The summed E-state index contributed by atoms with van der Waals surface area (Å²) in [5.41, 5.74) is 2.63. The number of furan rings is 1. The number of nitrogens with one attached hydrogen (secondary N) is 2. The van der Waals surface area contributed by atoms with Crippen molar-refractivity contribution in [3.05, 3.63) is 114 Å². The molecule has 200 valence electrons. The Bertz CT molecular complexity index is 1730. The molecule has 2 N–H and O–H groups in total. The Balaban J connectivity index is 1.22. The topological polar surface area (TPSA) is 126 Å². The summed E-state index contributed by atoms with van der Waals surface area (Å²) < 4.78 is 60.5. The number of benzene rings is 3. The van der Waals surface area contributed by atoms with E-state index >= 15 is 0 Å². The number of carbonyl (C=O) groups is 1. The Morgan fingerprint density at radius 1 is 0.897 bits per heavy atom. The van der Waals surface area contributed by atoms with Gasteiger partial charge in [0.25, 0.3) is 10.0 Å². The summed E-state index contributed by atoms with van der Waals surface area (Å²) in [6.45, 7) is 0.395. The zero-order valence-electron chi connectivity index (χ0n) is 20.6. The molecule has 1 aliphatic rings. The smallest absolute Gasteiger partial charge is 0.264 e. The number of fused-ring (bicyclic) bond motifs is 1. The summed E-state index contributed by atoms with van der Waals surface area (Å²) in [4.78, 5) is 12.6. The maximum absolute atomic E-state index is 13.2. The molecule has 1 aliphatic heterocycles. The molecule has 0 bridgehead atoms. The largest absolute Gasteiger partial charge is 0.468 e. The number of rotatable bonds is 9. The highest BCUT2D eigenvalue weighted by atomic mass is 32.2. The zero-order chi connectivity index (χ0) is 27.5. The molecule has 5 rings (SSSR count). The maximum atomic E-state index is 13.2. The van der Waals surface area contributed by atoms with Crippen LogP contribution in [-0.4, -0.2) is 29.3 Å². The molecular formula is C28H25N3O6S2. The number of hydrogen-bond donors (Lipinski definition) is 2. The van der Waals surface area contributed by atoms with E-state index in [1.54, 1.807) is 42.5 Å². The predicted molar refractivity (Wildman–Crippen MR) is 148 cm³/mol. The van der Waals surface area contributed by atoms with Gasteiger partial charge in [-0.15, -0.1) is 0 Å². The van der Waals surface area contributed by atoms with E-state index in [2.05, 4.69) is 10.0 Å². The van der Waals surface area contributed by atoms with Gasteiger partial charge >= 0.3 is 0 Å². The summed E-state index contributed by atoms with van der Waals surface area (Å²) in [5, 5.41) is 2.64. The van der Waals surface area contributed by atoms with Gasteiger partial charge in [0.2, 0.25) is 15.9 Å². The molecule has 1 aromatic heterocycles. The highest BCUT2D eigenvalue weighted by Crippen LogP contribution is 2.32. The van der Waals surface area contributed by atoms with Crippen LogP contribution in [0.1, 0.15) is 16.9 Å². The van der Waals surface area contributed by atoms with Crippen molar-refractivity contribution in [3.8, 4) is 0 Å². The van der Waals surface area contributed by atoms with Crippen molar-refractivity contribution in [2.45, 2.75) is 22.8 Å². The minimum atomic E-state index is -3.82. The van der Waals surface area contributed by atoms with Gasteiger partial charge in [-0.05, 0) is 72.2 Å². The molecule has 39 heavy (non-hydrogen) atoms. The third-order valence-corrected chi connectivity index (χ3v) is 9.39. The van der Waals surface area contributed by atoms with Crippen molar-refractivity contribution < 1.29 is 26.0 Å². The average Bonchev–Trinajstić information content (AvgIpc) is 3.62. The highest BCUT2D eigenvalue weighted by molar-refractivity contribution is 7.92. The van der Waals surface area contributed by atoms with E-state index in [-0.39, 0.29) is 16.3 Å². The Morgan fingerprint density at radius 3 is 2.46 bits per heavy atom. The monoisotopic (exact) mass is 563 g/mol. The number of sulfonamides is 2. The van der Waals surface area contributed by atoms with Crippen LogP contribution in [0.4, 0.5) is 11.4 Å². The van der Waals surface area contributed by atoms with E-state index in [0.717, 1.165) is 5.56 Å². The van der Waals surface area contributed by atoms with E-state index in [4.69, 9.17) is 4.42 Å². The molecule has 9 nitrogen and oxygen atoms in total. The van der Waals surface area contributed by atoms with Crippen LogP contribution in [-0.2, 0) is 37.8 Å². The lowest BCUT2D eigenvalue weighted by Crippen LogP contribution is -2.29. The number of hydrogen-bond acceptors (Lipinski definition) is 6. The van der Waals surface area contributed by atoms with Gasteiger partial charge in [-0.2, -0.15) is 0 Å². The second-order valence-corrected chi connectivity index (χ2v) is 12.4. The molecule has 4 aromatic rings. The molecule has 0 atom stereocenters. The Morgan fingerprint density at radius 2 is 1.69 bits per heavy atom. The predicted octanol–water partition coefficient (Wildman–Crippen LogP) is 4.16. The fourth-order valence-corrected chi connectivity index (χ4v) is 6.74. The maximum Gasteiger partial charge on any atom is 0.264 e. The molecule has 1 amide bonds. The first-order valence-corrected chi connectivity index (χ1v) is 15.0. The first-order valence-electron chi connectivity index (χ1n) is 12.0. The van der Waals surface area contributed by atoms with Gasteiger partial charge in [-0.1, -0.05) is 36.4 Å². The van der Waals surface area contributed by atoms with Crippen molar-refractivity contribution in [2.75, 3.05) is 16.2 Å². The van der Waals surface area contributed by atoms with Crippen LogP contribution in [0.15, 0.2) is 111 Å². The lowest BCUT2D eigenvalue weighted by molar-refractivity contribution is -0.111. The van der Waals surface area contributed by atoms with Gasteiger partial charge in [0.05, 0.1) is 28.3 Å². The zero-order valence-corrected chi connectivity index (χ0v) is 22.3. The molecule has 0 spiro atoms. The fourth-order valence-electron chi connectivity index (χ4n) is 4.20. The van der Waals surface area contributed by atoms with Gasteiger partial charge in [0, 0.05) is 18.3 Å². The summed E-state index contributed by atoms with van der Waals surface area (Å²) in [5.74, 6) is -0.00126. The van der Waals surface area contributed by atoms with Crippen LogP contribution >= 0.6 is 0 Å². The average molecular weight is 564 g/mol. The standard InChI is InChI=1S/C28H25N3O6S2/c32-28(30-23-6-3-8-26(19-23)38(33,34)29-20-24-7-4-18-37-24)15-12-21-10-13-25(14-11-21)39(35,36)31-17-16-22-5-1-2-9-27(22)31/h1-15,18-19,29H,16-17,20H2,(H,30,32)/b15-12+. The molecule has 11 heteroatoms. The van der Waals surface area contributed by atoms with Crippen LogP contribution in [0, 0.1) is 0 Å². The number of para-hydroxylation sites is 1. The minimum absolute atomic E-state index is 0.0000717. The number of nitrogens with zero attached hydrogens (tertiary/aromatic N) is 1. The third kappa shape index (κ3) is 5.95. The number of anilines is 2. The Kier molecular flexibility index (Phi) is 7.38. The lowest BCUT2D eigenvalue weighted by Gasteiger charge is -2.19. The van der Waals surface area contributed by atoms with E-state index in [0.29, 0.717) is 35.7 Å². The second kappa shape index (κ2) is 10.9. The molecule has 3 aromatic carbocycles. The van der Waals surface area contributed by atoms with Crippen LogP contribution in [0.25, 0.3) is 6.08 Å². The Hall–Kier alpha value is -4.19. The van der Waals surface area contributed by atoms with Gasteiger partial charge < -0.3 is 9.73 Å². The van der Waals surface area contributed by atoms with Crippen LogP contribution < -0.4 is 14.3 Å². The van der Waals surface area contributed by atoms with Crippen molar-refractivity contribution in [1.82, 2.24) is 4.72 Å². The summed E-state index contributed by atoms with van der Waals surface area (Å²) >= 11 is 0. The number of carbonyl (C=O) groups excluding carboxylic acids is 1. The quantitative estimate of drug-likeness (QED) is 0.295. The Labute approximate surface area is 226 Å². The SMILES string of the molecule is O=C(/C=C/c1ccc(S(=O)(=O)N2CCc3ccccc32)cc1)Nc1cccc(S(=O)(=O)NCc2ccco2)c1. The van der Waals surface area contributed by atoms with E-state index in [1.807, 2.05) is 18.2 Å². The normalized spacial score (nSPS) is 13.5. The van der Waals surface area contributed by atoms with Crippen molar-refractivity contribution in [2.24, 2.45) is 0 Å². The second-order valence-electron chi connectivity index (χ2n) is 8.78. The molecule has 0 radical (unpaired) electrons. The van der Waals surface area contributed by atoms with Crippen LogP contribution in [0.5, 0.6) is 0 Å². The summed E-state index contributed by atoms with van der Waals surface area (Å²) in [6, 6.07) is 22.9. The van der Waals surface area contributed by atoms with E-state index in [1.165, 1.54) is 47.0 Å². The van der Waals surface area contributed by atoms with E-state index < -0.39 is 26.0 Å². The first-order chi connectivity index (χ1) is 18.7. The van der Waals surface area contributed by atoms with Crippen LogP contribution in [0.2, 0.25) is 0 Å².